The predicted molar refractivity (Wildman–Crippen MR) is 101 cm³/mol. The van der Waals surface area contributed by atoms with E-state index >= 15 is 0 Å². The molecule has 140 valence electrons. The van der Waals surface area contributed by atoms with Gasteiger partial charge in [0.25, 0.3) is 0 Å². The van der Waals surface area contributed by atoms with E-state index < -0.39 is 11.8 Å². The molecule has 2 aromatic rings. The van der Waals surface area contributed by atoms with Crippen LogP contribution in [0.15, 0.2) is 60.5 Å². The third kappa shape index (κ3) is 6.28. The highest BCUT2D eigenvalue weighted by molar-refractivity contribution is 6.35. The van der Waals surface area contributed by atoms with Crippen LogP contribution in [0.4, 0.5) is 0 Å². The zero-order valence-electron chi connectivity index (χ0n) is 14.8. The number of amides is 2. The quantitative estimate of drug-likeness (QED) is 0.318. The van der Waals surface area contributed by atoms with Gasteiger partial charge in [-0.2, -0.15) is 5.10 Å². The molecule has 2 N–H and O–H groups in total. The number of carbonyl (C=O) groups is 2. The van der Waals surface area contributed by atoms with Gasteiger partial charge in [0.1, 0.15) is 6.61 Å². The summed E-state index contributed by atoms with van der Waals surface area (Å²) in [6.45, 7) is 4.14. The number of aromatic nitrogens is 1. The van der Waals surface area contributed by atoms with Crippen LogP contribution in [0.2, 0.25) is 0 Å². The van der Waals surface area contributed by atoms with Gasteiger partial charge in [-0.25, -0.2) is 5.43 Å². The minimum absolute atomic E-state index is 0.202. The van der Waals surface area contributed by atoms with Gasteiger partial charge in [-0.1, -0.05) is 18.7 Å². The van der Waals surface area contributed by atoms with E-state index in [0.29, 0.717) is 23.7 Å². The zero-order chi connectivity index (χ0) is 19.5. The van der Waals surface area contributed by atoms with Crippen LogP contribution in [0, 0.1) is 0 Å². The summed E-state index contributed by atoms with van der Waals surface area (Å²) in [4.78, 5) is 27.4. The van der Waals surface area contributed by atoms with Crippen molar-refractivity contribution in [3.63, 3.8) is 0 Å². The van der Waals surface area contributed by atoms with Crippen molar-refractivity contribution in [1.82, 2.24) is 15.7 Å². The van der Waals surface area contributed by atoms with Crippen LogP contribution in [-0.4, -0.2) is 36.7 Å². The fourth-order valence-electron chi connectivity index (χ4n) is 2.01. The normalized spacial score (nSPS) is 10.3. The first-order valence-corrected chi connectivity index (χ1v) is 8.06. The lowest BCUT2D eigenvalue weighted by Crippen LogP contribution is -2.37. The number of pyridine rings is 1. The van der Waals surface area contributed by atoms with Gasteiger partial charge in [-0.3, -0.25) is 14.6 Å². The second-order valence-electron chi connectivity index (χ2n) is 5.25. The Balaban J connectivity index is 1.87. The monoisotopic (exact) mass is 368 g/mol. The summed E-state index contributed by atoms with van der Waals surface area (Å²) in [7, 11) is 1.52. The second kappa shape index (κ2) is 10.3. The number of methoxy groups -OCH3 is 1. The van der Waals surface area contributed by atoms with Gasteiger partial charge in [0.05, 0.1) is 13.3 Å². The number of hydrogen-bond donors (Lipinski definition) is 2. The van der Waals surface area contributed by atoms with Crippen LogP contribution in [-0.2, 0) is 16.1 Å². The van der Waals surface area contributed by atoms with Gasteiger partial charge in [0.2, 0.25) is 0 Å². The highest BCUT2D eigenvalue weighted by atomic mass is 16.5. The SMILES string of the molecule is C=CCOc1ccc(C=NNC(=O)C(=O)NCc2cccnc2)cc1OC. The highest BCUT2D eigenvalue weighted by Crippen LogP contribution is 2.27. The van der Waals surface area contributed by atoms with Gasteiger partial charge in [-0.15, -0.1) is 0 Å². The molecule has 0 aliphatic carbocycles. The Hall–Kier alpha value is -3.68. The maximum atomic E-state index is 11.7. The number of rotatable bonds is 8. The van der Waals surface area contributed by atoms with Crippen molar-refractivity contribution in [2.75, 3.05) is 13.7 Å². The molecule has 1 aromatic heterocycles. The van der Waals surface area contributed by atoms with E-state index in [1.54, 1.807) is 48.8 Å². The molecular weight excluding hydrogens is 348 g/mol. The van der Waals surface area contributed by atoms with E-state index in [2.05, 4.69) is 27.4 Å². The van der Waals surface area contributed by atoms with E-state index in [-0.39, 0.29) is 6.54 Å². The Bertz CT molecular complexity index is 822. The van der Waals surface area contributed by atoms with Crippen molar-refractivity contribution in [2.24, 2.45) is 5.10 Å². The Morgan fingerprint density at radius 1 is 1.26 bits per heavy atom. The molecule has 2 amide bonds. The Labute approximate surface area is 156 Å². The first kappa shape index (κ1) is 19.6. The second-order valence-corrected chi connectivity index (χ2v) is 5.25. The zero-order valence-corrected chi connectivity index (χ0v) is 14.8. The van der Waals surface area contributed by atoms with Crippen molar-refractivity contribution in [3.8, 4) is 11.5 Å². The molecule has 27 heavy (non-hydrogen) atoms. The molecule has 0 spiro atoms. The summed E-state index contributed by atoms with van der Waals surface area (Å²) >= 11 is 0. The van der Waals surface area contributed by atoms with Gasteiger partial charge >= 0.3 is 11.8 Å². The van der Waals surface area contributed by atoms with Crippen LogP contribution in [0.1, 0.15) is 11.1 Å². The minimum atomic E-state index is -0.868. The maximum absolute atomic E-state index is 11.7. The number of hydrazone groups is 1. The summed E-state index contributed by atoms with van der Waals surface area (Å²) in [5.41, 5.74) is 3.62. The maximum Gasteiger partial charge on any atom is 0.329 e. The standard InChI is InChI=1S/C19H20N4O4/c1-3-9-27-16-7-6-14(10-17(16)26-2)13-22-23-19(25)18(24)21-12-15-5-4-8-20-11-15/h3-8,10-11,13H,1,9,12H2,2H3,(H,21,24)(H,23,25). The summed E-state index contributed by atoms with van der Waals surface area (Å²) in [6, 6.07) is 8.68. The van der Waals surface area contributed by atoms with E-state index in [0.717, 1.165) is 5.56 Å². The van der Waals surface area contributed by atoms with Crippen LogP contribution >= 0.6 is 0 Å². The molecule has 8 heteroatoms. The van der Waals surface area contributed by atoms with Crippen LogP contribution in [0.5, 0.6) is 11.5 Å². The van der Waals surface area contributed by atoms with Gasteiger partial charge in [0, 0.05) is 18.9 Å². The number of benzene rings is 1. The number of nitrogens with one attached hydrogen (secondary N) is 2. The molecule has 2 rings (SSSR count). The van der Waals surface area contributed by atoms with Crippen LogP contribution < -0.4 is 20.2 Å². The lowest BCUT2D eigenvalue weighted by molar-refractivity contribution is -0.139. The molecule has 0 bridgehead atoms. The molecule has 0 fully saturated rings. The molecule has 1 heterocycles. The Kier molecular flexibility index (Phi) is 7.52. The fraction of sp³-hybridized carbons (Fsp3) is 0.158. The van der Waals surface area contributed by atoms with Gasteiger partial charge in [0.15, 0.2) is 11.5 Å². The first-order chi connectivity index (χ1) is 13.1. The largest absolute Gasteiger partial charge is 0.493 e. The molecule has 0 aliphatic rings. The van der Waals surface area contributed by atoms with Crippen molar-refractivity contribution in [1.29, 1.82) is 0 Å². The highest BCUT2D eigenvalue weighted by Gasteiger charge is 2.12. The summed E-state index contributed by atoms with van der Waals surface area (Å²) < 4.78 is 10.7. The van der Waals surface area contributed by atoms with E-state index in [1.165, 1.54) is 13.3 Å². The number of hydrogen-bond acceptors (Lipinski definition) is 6. The van der Waals surface area contributed by atoms with Crippen LogP contribution in [0.25, 0.3) is 0 Å². The molecule has 0 saturated carbocycles. The fourth-order valence-corrected chi connectivity index (χ4v) is 2.01. The molecule has 0 atom stereocenters. The molecule has 0 radical (unpaired) electrons. The average Bonchev–Trinajstić information content (AvgIpc) is 2.71. The molecule has 1 aromatic carbocycles. The molecule has 0 unspecified atom stereocenters. The van der Waals surface area contributed by atoms with Gasteiger partial charge < -0.3 is 14.8 Å². The number of carbonyl (C=O) groups excluding carboxylic acids is 2. The summed E-state index contributed by atoms with van der Waals surface area (Å²) in [5, 5.41) is 6.26. The molecular formula is C19H20N4O4. The van der Waals surface area contributed by atoms with E-state index in [1.807, 2.05) is 0 Å². The third-order valence-corrected chi connectivity index (χ3v) is 3.31. The Morgan fingerprint density at radius 2 is 2.11 bits per heavy atom. The smallest absolute Gasteiger partial charge is 0.329 e. The first-order valence-electron chi connectivity index (χ1n) is 8.06. The van der Waals surface area contributed by atoms with Crippen molar-refractivity contribution < 1.29 is 19.1 Å². The lowest BCUT2D eigenvalue weighted by Gasteiger charge is -2.09. The van der Waals surface area contributed by atoms with E-state index in [9.17, 15) is 9.59 Å². The van der Waals surface area contributed by atoms with Crippen molar-refractivity contribution in [2.45, 2.75) is 6.54 Å². The van der Waals surface area contributed by atoms with E-state index in [4.69, 9.17) is 9.47 Å². The predicted octanol–water partition coefficient (Wildman–Crippen LogP) is 1.42. The lowest BCUT2D eigenvalue weighted by atomic mass is 10.2. The molecule has 0 saturated heterocycles. The Morgan fingerprint density at radius 3 is 2.81 bits per heavy atom. The number of nitrogens with zero attached hydrogens (tertiary/aromatic N) is 2. The number of ether oxygens (including phenoxy) is 2. The summed E-state index contributed by atoms with van der Waals surface area (Å²) in [5.74, 6) is -0.579. The average molecular weight is 368 g/mol. The third-order valence-electron chi connectivity index (χ3n) is 3.31. The molecule has 8 nitrogen and oxygen atoms in total. The van der Waals surface area contributed by atoms with Crippen molar-refractivity contribution in [3.05, 3.63) is 66.5 Å². The minimum Gasteiger partial charge on any atom is -0.493 e. The van der Waals surface area contributed by atoms with Gasteiger partial charge in [-0.05, 0) is 35.4 Å². The topological polar surface area (TPSA) is 102 Å². The van der Waals surface area contributed by atoms with Crippen molar-refractivity contribution >= 4 is 18.0 Å². The van der Waals surface area contributed by atoms with Crippen LogP contribution in [0.3, 0.4) is 0 Å². The summed E-state index contributed by atoms with van der Waals surface area (Å²) in [6.07, 6.45) is 6.25. The molecule has 0 aliphatic heterocycles.